The third kappa shape index (κ3) is 3.30. The maximum absolute atomic E-state index is 10.7. The maximum atomic E-state index is 10.7. The van der Waals surface area contributed by atoms with E-state index in [0.717, 1.165) is 22.0 Å². The van der Waals surface area contributed by atoms with E-state index in [9.17, 15) is 4.79 Å². The Morgan fingerprint density at radius 1 is 1.28 bits per heavy atom. The molecule has 0 spiro atoms. The molecule has 0 fully saturated rings. The summed E-state index contributed by atoms with van der Waals surface area (Å²) in [6.07, 6.45) is 1.55. The molecule has 92 valence electrons. The fourth-order valence-electron chi connectivity index (χ4n) is 1.41. The van der Waals surface area contributed by atoms with Gasteiger partial charge in [-0.3, -0.25) is 0 Å². The van der Waals surface area contributed by atoms with E-state index in [1.165, 1.54) is 0 Å². The van der Waals surface area contributed by atoms with Gasteiger partial charge in [-0.25, -0.2) is 14.8 Å². The SMILES string of the molecule is Cc1cc(SCc2ccc(C(=O)O)cc2)ncn1. The molecule has 0 saturated carbocycles. The minimum Gasteiger partial charge on any atom is -0.478 e. The van der Waals surface area contributed by atoms with Crippen molar-refractivity contribution in [2.45, 2.75) is 17.7 Å². The lowest BCUT2D eigenvalue weighted by atomic mass is 10.1. The molecule has 0 aliphatic rings. The van der Waals surface area contributed by atoms with E-state index in [-0.39, 0.29) is 0 Å². The van der Waals surface area contributed by atoms with E-state index >= 15 is 0 Å². The second kappa shape index (κ2) is 5.64. The van der Waals surface area contributed by atoms with Crippen LogP contribution in [0.15, 0.2) is 41.7 Å². The average Bonchev–Trinajstić information content (AvgIpc) is 2.37. The summed E-state index contributed by atoms with van der Waals surface area (Å²) in [4.78, 5) is 18.9. The lowest BCUT2D eigenvalue weighted by molar-refractivity contribution is 0.0697. The van der Waals surface area contributed by atoms with E-state index in [2.05, 4.69) is 9.97 Å². The molecule has 18 heavy (non-hydrogen) atoms. The van der Waals surface area contributed by atoms with Gasteiger partial charge in [-0.15, -0.1) is 11.8 Å². The van der Waals surface area contributed by atoms with Crippen molar-refractivity contribution in [3.63, 3.8) is 0 Å². The monoisotopic (exact) mass is 260 g/mol. The van der Waals surface area contributed by atoms with Crippen molar-refractivity contribution < 1.29 is 9.90 Å². The largest absolute Gasteiger partial charge is 0.478 e. The third-order valence-corrected chi connectivity index (χ3v) is 3.36. The van der Waals surface area contributed by atoms with Crippen LogP contribution in [0.2, 0.25) is 0 Å². The van der Waals surface area contributed by atoms with Crippen molar-refractivity contribution in [3.05, 3.63) is 53.5 Å². The predicted molar refractivity (Wildman–Crippen MR) is 69.7 cm³/mol. The smallest absolute Gasteiger partial charge is 0.335 e. The van der Waals surface area contributed by atoms with Crippen LogP contribution in [0.1, 0.15) is 21.6 Å². The number of aromatic nitrogens is 2. The number of nitrogens with zero attached hydrogens (tertiary/aromatic N) is 2. The zero-order chi connectivity index (χ0) is 13.0. The first-order valence-corrected chi connectivity index (χ1v) is 6.37. The van der Waals surface area contributed by atoms with E-state index in [4.69, 9.17) is 5.11 Å². The van der Waals surface area contributed by atoms with Gasteiger partial charge >= 0.3 is 5.97 Å². The summed E-state index contributed by atoms with van der Waals surface area (Å²) in [6, 6.07) is 8.80. The molecule has 2 rings (SSSR count). The highest BCUT2D eigenvalue weighted by molar-refractivity contribution is 7.98. The highest BCUT2D eigenvalue weighted by Gasteiger charge is 2.02. The number of aryl methyl sites for hydroxylation is 1. The van der Waals surface area contributed by atoms with Crippen molar-refractivity contribution in [2.24, 2.45) is 0 Å². The Labute approximate surface area is 109 Å². The van der Waals surface area contributed by atoms with Gasteiger partial charge in [-0.2, -0.15) is 0 Å². The molecular weight excluding hydrogens is 248 g/mol. The van der Waals surface area contributed by atoms with E-state index in [1.807, 2.05) is 25.1 Å². The Morgan fingerprint density at radius 2 is 2.00 bits per heavy atom. The quantitative estimate of drug-likeness (QED) is 0.676. The molecule has 1 heterocycles. The molecule has 4 nitrogen and oxygen atoms in total. The average molecular weight is 260 g/mol. The second-order valence-corrected chi connectivity index (χ2v) is 4.78. The summed E-state index contributed by atoms with van der Waals surface area (Å²) in [5, 5.41) is 9.71. The van der Waals surface area contributed by atoms with Crippen LogP contribution in [0.4, 0.5) is 0 Å². The van der Waals surface area contributed by atoms with Crippen LogP contribution < -0.4 is 0 Å². The van der Waals surface area contributed by atoms with Gasteiger partial charge in [0.2, 0.25) is 0 Å². The molecule has 0 aliphatic carbocycles. The topological polar surface area (TPSA) is 63.1 Å². The molecule has 1 aromatic heterocycles. The van der Waals surface area contributed by atoms with Crippen LogP contribution >= 0.6 is 11.8 Å². The van der Waals surface area contributed by atoms with Gasteiger partial charge < -0.3 is 5.11 Å². The summed E-state index contributed by atoms with van der Waals surface area (Å²) in [5.74, 6) is -0.142. The van der Waals surface area contributed by atoms with Gasteiger partial charge in [0.25, 0.3) is 0 Å². The molecule has 0 unspecified atom stereocenters. The summed E-state index contributed by atoms with van der Waals surface area (Å²) in [7, 11) is 0. The van der Waals surface area contributed by atoms with Gasteiger partial charge in [0, 0.05) is 11.4 Å². The van der Waals surface area contributed by atoms with E-state index in [0.29, 0.717) is 5.56 Å². The molecule has 0 saturated heterocycles. The standard InChI is InChI=1S/C13H12N2O2S/c1-9-6-12(15-8-14-9)18-7-10-2-4-11(5-3-10)13(16)17/h2-6,8H,7H2,1H3,(H,16,17). The van der Waals surface area contributed by atoms with Gasteiger partial charge in [0.1, 0.15) is 6.33 Å². The van der Waals surface area contributed by atoms with Crippen LogP contribution in [-0.2, 0) is 5.75 Å². The molecule has 0 aliphatic heterocycles. The van der Waals surface area contributed by atoms with Crippen molar-refractivity contribution in [2.75, 3.05) is 0 Å². The minimum absolute atomic E-state index is 0.307. The highest BCUT2D eigenvalue weighted by Crippen LogP contribution is 2.20. The lowest BCUT2D eigenvalue weighted by Gasteiger charge is -2.02. The Bertz CT molecular complexity index is 555. The number of hydrogen-bond acceptors (Lipinski definition) is 4. The summed E-state index contributed by atoms with van der Waals surface area (Å²) in [6.45, 7) is 1.92. The number of thioether (sulfide) groups is 1. The minimum atomic E-state index is -0.902. The van der Waals surface area contributed by atoms with Crippen LogP contribution in [0.3, 0.4) is 0 Å². The summed E-state index contributed by atoms with van der Waals surface area (Å²) in [5.41, 5.74) is 2.32. The molecule has 2 aromatic rings. The fourth-order valence-corrected chi connectivity index (χ4v) is 2.29. The number of carboxylic acids is 1. The molecule has 1 aromatic carbocycles. The van der Waals surface area contributed by atoms with Crippen LogP contribution in [0.5, 0.6) is 0 Å². The van der Waals surface area contributed by atoms with Gasteiger partial charge in [-0.05, 0) is 30.7 Å². The predicted octanol–water partition coefficient (Wildman–Crippen LogP) is 2.78. The fraction of sp³-hybridized carbons (Fsp3) is 0.154. The van der Waals surface area contributed by atoms with Crippen LogP contribution in [-0.4, -0.2) is 21.0 Å². The van der Waals surface area contributed by atoms with Crippen molar-refractivity contribution in [1.82, 2.24) is 9.97 Å². The molecule has 0 amide bonds. The molecule has 0 radical (unpaired) electrons. The molecular formula is C13H12N2O2S. The molecule has 1 N–H and O–H groups in total. The summed E-state index contributed by atoms with van der Waals surface area (Å²) < 4.78 is 0. The van der Waals surface area contributed by atoms with Crippen molar-refractivity contribution >= 4 is 17.7 Å². The zero-order valence-electron chi connectivity index (χ0n) is 9.83. The first-order valence-electron chi connectivity index (χ1n) is 5.39. The van der Waals surface area contributed by atoms with Crippen molar-refractivity contribution in [1.29, 1.82) is 0 Å². The number of carboxylic acid groups (broad SMARTS) is 1. The summed E-state index contributed by atoms with van der Waals surface area (Å²) >= 11 is 1.60. The van der Waals surface area contributed by atoms with Gasteiger partial charge in [0.15, 0.2) is 0 Å². The van der Waals surface area contributed by atoms with Crippen molar-refractivity contribution in [3.8, 4) is 0 Å². The molecule has 5 heteroatoms. The molecule has 0 bridgehead atoms. The first-order chi connectivity index (χ1) is 8.65. The third-order valence-electron chi connectivity index (χ3n) is 2.37. The lowest BCUT2D eigenvalue weighted by Crippen LogP contribution is -1.95. The van der Waals surface area contributed by atoms with E-state index in [1.54, 1.807) is 30.2 Å². The number of hydrogen-bond donors (Lipinski definition) is 1. The Morgan fingerprint density at radius 3 is 2.61 bits per heavy atom. The van der Waals surface area contributed by atoms with Gasteiger partial charge in [0.05, 0.1) is 10.6 Å². The Kier molecular flexibility index (Phi) is 3.94. The number of benzene rings is 1. The van der Waals surface area contributed by atoms with Crippen LogP contribution in [0, 0.1) is 6.92 Å². The number of carbonyl (C=O) groups is 1. The Balaban J connectivity index is 2.00. The molecule has 0 atom stereocenters. The first kappa shape index (κ1) is 12.6. The zero-order valence-corrected chi connectivity index (χ0v) is 10.6. The normalized spacial score (nSPS) is 10.3. The number of rotatable bonds is 4. The maximum Gasteiger partial charge on any atom is 0.335 e. The van der Waals surface area contributed by atoms with Gasteiger partial charge in [-0.1, -0.05) is 12.1 Å². The Hall–Kier alpha value is -1.88. The van der Waals surface area contributed by atoms with Crippen LogP contribution in [0.25, 0.3) is 0 Å². The highest BCUT2D eigenvalue weighted by atomic mass is 32.2. The second-order valence-electron chi connectivity index (χ2n) is 3.79. The van der Waals surface area contributed by atoms with E-state index < -0.39 is 5.97 Å². The number of aromatic carboxylic acids is 1.